The summed E-state index contributed by atoms with van der Waals surface area (Å²) in [5, 5.41) is 6.57. The minimum atomic E-state index is -0.417. The average molecular weight is 378 g/mol. The van der Waals surface area contributed by atoms with E-state index in [0.717, 1.165) is 18.4 Å². The molecule has 0 saturated carbocycles. The van der Waals surface area contributed by atoms with Crippen LogP contribution in [-0.2, 0) is 9.53 Å². The molecule has 1 aliphatic heterocycles. The summed E-state index contributed by atoms with van der Waals surface area (Å²) >= 11 is 5.25. The minimum absolute atomic E-state index is 0.406. The molecule has 0 spiro atoms. The second-order valence-electron chi connectivity index (χ2n) is 5.90. The Labute approximate surface area is 159 Å². The maximum absolute atomic E-state index is 12.3. The van der Waals surface area contributed by atoms with Gasteiger partial charge in [0.15, 0.2) is 16.6 Å². The highest BCUT2D eigenvalue weighted by atomic mass is 32.1. The third kappa shape index (κ3) is 4.66. The average Bonchev–Trinajstić information content (AvgIpc) is 2.62. The number of hydrogen-bond donors (Lipinski definition) is 2. The number of ether oxygens (including phenoxy) is 3. The largest absolute Gasteiger partial charge is 0.490 e. The maximum atomic E-state index is 12.3. The number of thiocarbonyl (C=S) groups is 1. The van der Waals surface area contributed by atoms with Crippen molar-refractivity contribution in [1.29, 1.82) is 0 Å². The molecule has 1 unspecified atom stereocenters. The number of hydrogen-bond acceptors (Lipinski definition) is 5. The summed E-state index contributed by atoms with van der Waals surface area (Å²) in [6.07, 6.45) is 2.04. The fourth-order valence-corrected chi connectivity index (χ4v) is 3.01. The molecule has 0 fully saturated rings. The van der Waals surface area contributed by atoms with Crippen LogP contribution in [0.15, 0.2) is 29.5 Å². The van der Waals surface area contributed by atoms with E-state index in [-0.39, 0.29) is 0 Å². The van der Waals surface area contributed by atoms with Crippen LogP contribution in [0.2, 0.25) is 0 Å². The fourth-order valence-electron chi connectivity index (χ4n) is 2.74. The number of nitrogens with one attached hydrogen (secondary N) is 2. The smallest absolute Gasteiger partial charge is 0.337 e. The Bertz CT molecular complexity index is 703. The predicted molar refractivity (Wildman–Crippen MR) is 104 cm³/mol. The number of carbonyl (C=O) groups excluding carboxylic acids is 1. The van der Waals surface area contributed by atoms with Crippen molar-refractivity contribution in [2.24, 2.45) is 0 Å². The Morgan fingerprint density at radius 3 is 2.65 bits per heavy atom. The molecule has 0 saturated heterocycles. The molecular weight excluding hydrogens is 352 g/mol. The van der Waals surface area contributed by atoms with E-state index in [1.54, 1.807) is 6.92 Å². The van der Waals surface area contributed by atoms with Crippen LogP contribution < -0.4 is 20.1 Å². The van der Waals surface area contributed by atoms with Gasteiger partial charge in [-0.25, -0.2) is 4.79 Å². The van der Waals surface area contributed by atoms with Crippen LogP contribution in [-0.4, -0.2) is 31.4 Å². The van der Waals surface area contributed by atoms with Crippen LogP contribution in [0.4, 0.5) is 0 Å². The number of allylic oxidation sites excluding steroid dienone is 1. The van der Waals surface area contributed by atoms with Gasteiger partial charge in [-0.2, -0.15) is 0 Å². The Kier molecular flexibility index (Phi) is 7.26. The van der Waals surface area contributed by atoms with Crippen molar-refractivity contribution in [3.05, 3.63) is 35.0 Å². The standard InChI is InChI=1S/C19H26N2O4S/c1-5-7-10-25-14-9-8-13(11-15(14)24-6-2)17-16(18(22)23-4)12(3)20-19(26)21-17/h8-9,11,17H,5-7,10H2,1-4H3,(H2,20,21,26). The highest BCUT2D eigenvalue weighted by Gasteiger charge is 2.31. The Hall–Kier alpha value is -2.28. The van der Waals surface area contributed by atoms with Gasteiger partial charge in [0.2, 0.25) is 0 Å². The minimum Gasteiger partial charge on any atom is -0.490 e. The monoisotopic (exact) mass is 378 g/mol. The number of benzene rings is 1. The molecule has 6 nitrogen and oxygen atoms in total. The number of rotatable bonds is 8. The summed E-state index contributed by atoms with van der Waals surface area (Å²) in [4.78, 5) is 12.3. The van der Waals surface area contributed by atoms with Gasteiger partial charge in [-0.3, -0.25) is 0 Å². The summed E-state index contributed by atoms with van der Waals surface area (Å²) in [6.45, 7) is 7.00. The molecule has 1 heterocycles. The van der Waals surface area contributed by atoms with Crippen molar-refractivity contribution < 1.29 is 19.0 Å². The van der Waals surface area contributed by atoms with Crippen molar-refractivity contribution in [3.63, 3.8) is 0 Å². The Morgan fingerprint density at radius 2 is 2.00 bits per heavy atom. The molecule has 1 atom stereocenters. The number of methoxy groups -OCH3 is 1. The topological polar surface area (TPSA) is 68.8 Å². The van der Waals surface area contributed by atoms with Gasteiger partial charge in [0.1, 0.15) is 0 Å². The van der Waals surface area contributed by atoms with Crippen molar-refractivity contribution >= 4 is 23.3 Å². The summed E-state index contributed by atoms with van der Waals surface area (Å²) < 4.78 is 16.5. The Morgan fingerprint density at radius 1 is 1.23 bits per heavy atom. The molecule has 2 N–H and O–H groups in total. The normalized spacial score (nSPS) is 16.6. The lowest BCUT2D eigenvalue weighted by molar-refractivity contribution is -0.136. The van der Waals surface area contributed by atoms with Gasteiger partial charge < -0.3 is 24.8 Å². The molecule has 1 aromatic carbocycles. The van der Waals surface area contributed by atoms with E-state index in [9.17, 15) is 4.79 Å². The molecule has 26 heavy (non-hydrogen) atoms. The molecule has 7 heteroatoms. The molecule has 1 aliphatic rings. The molecule has 2 rings (SSSR count). The van der Waals surface area contributed by atoms with Crippen LogP contribution in [0.5, 0.6) is 11.5 Å². The van der Waals surface area contributed by atoms with Gasteiger partial charge in [0.25, 0.3) is 0 Å². The molecule has 0 aromatic heterocycles. The van der Waals surface area contributed by atoms with Crippen LogP contribution >= 0.6 is 12.2 Å². The van der Waals surface area contributed by atoms with E-state index in [1.807, 2.05) is 25.1 Å². The SMILES string of the molecule is CCCCOc1ccc(C2NC(=S)NC(C)=C2C(=O)OC)cc1OCC. The first-order valence-electron chi connectivity index (χ1n) is 8.77. The molecule has 0 radical (unpaired) electrons. The van der Waals surface area contributed by atoms with Crippen molar-refractivity contribution in [2.75, 3.05) is 20.3 Å². The van der Waals surface area contributed by atoms with E-state index in [1.165, 1.54) is 7.11 Å². The lowest BCUT2D eigenvalue weighted by Crippen LogP contribution is -2.45. The van der Waals surface area contributed by atoms with Crippen LogP contribution in [0.25, 0.3) is 0 Å². The third-order valence-electron chi connectivity index (χ3n) is 4.03. The zero-order valence-corrected chi connectivity index (χ0v) is 16.5. The first-order chi connectivity index (χ1) is 12.5. The summed E-state index contributed by atoms with van der Waals surface area (Å²) in [7, 11) is 1.36. The van der Waals surface area contributed by atoms with Gasteiger partial charge in [0, 0.05) is 5.70 Å². The molecule has 0 amide bonds. The van der Waals surface area contributed by atoms with Crippen LogP contribution in [0.3, 0.4) is 0 Å². The molecule has 1 aromatic rings. The van der Waals surface area contributed by atoms with Gasteiger partial charge in [-0.1, -0.05) is 19.4 Å². The lowest BCUT2D eigenvalue weighted by Gasteiger charge is -2.30. The van der Waals surface area contributed by atoms with Crippen LogP contribution in [0.1, 0.15) is 45.2 Å². The first kappa shape index (κ1) is 20.0. The van der Waals surface area contributed by atoms with Crippen molar-refractivity contribution in [2.45, 2.75) is 39.7 Å². The van der Waals surface area contributed by atoms with Crippen LogP contribution in [0, 0.1) is 0 Å². The lowest BCUT2D eigenvalue weighted by atomic mass is 9.95. The van der Waals surface area contributed by atoms with E-state index >= 15 is 0 Å². The first-order valence-corrected chi connectivity index (χ1v) is 9.18. The van der Waals surface area contributed by atoms with Gasteiger partial charge in [0.05, 0.1) is 31.9 Å². The van der Waals surface area contributed by atoms with Crippen molar-refractivity contribution in [1.82, 2.24) is 10.6 Å². The zero-order valence-electron chi connectivity index (χ0n) is 15.7. The number of unbranched alkanes of at least 4 members (excludes halogenated alkanes) is 1. The van der Waals surface area contributed by atoms with Gasteiger partial charge in [-0.05, 0) is 50.2 Å². The third-order valence-corrected chi connectivity index (χ3v) is 4.25. The van der Waals surface area contributed by atoms with E-state index in [4.69, 9.17) is 26.4 Å². The maximum Gasteiger partial charge on any atom is 0.337 e. The van der Waals surface area contributed by atoms with E-state index in [0.29, 0.717) is 41.1 Å². The highest BCUT2D eigenvalue weighted by Crippen LogP contribution is 2.34. The number of esters is 1. The zero-order chi connectivity index (χ0) is 19.1. The van der Waals surface area contributed by atoms with E-state index in [2.05, 4.69) is 17.6 Å². The van der Waals surface area contributed by atoms with E-state index < -0.39 is 12.0 Å². The Balaban J connectivity index is 2.38. The quantitative estimate of drug-likeness (QED) is 0.409. The molecule has 0 bridgehead atoms. The second-order valence-corrected chi connectivity index (χ2v) is 6.31. The fraction of sp³-hybridized carbons (Fsp3) is 0.474. The molecule has 0 aliphatic carbocycles. The van der Waals surface area contributed by atoms with Gasteiger partial charge in [-0.15, -0.1) is 0 Å². The summed E-state index contributed by atoms with van der Waals surface area (Å²) in [5.74, 6) is 0.936. The van der Waals surface area contributed by atoms with Gasteiger partial charge >= 0.3 is 5.97 Å². The molecule has 142 valence electrons. The van der Waals surface area contributed by atoms with Crippen molar-refractivity contribution in [3.8, 4) is 11.5 Å². The predicted octanol–water partition coefficient (Wildman–Crippen LogP) is 3.23. The molecular formula is C19H26N2O4S. The summed E-state index contributed by atoms with van der Waals surface area (Å²) in [5.41, 5.74) is 2.01. The summed E-state index contributed by atoms with van der Waals surface area (Å²) in [6, 6.07) is 5.24. The highest BCUT2D eigenvalue weighted by molar-refractivity contribution is 7.80. The second kappa shape index (κ2) is 9.43. The number of carbonyl (C=O) groups is 1.